The molecule has 24 heavy (non-hydrogen) atoms. The minimum atomic E-state index is -0.575. The summed E-state index contributed by atoms with van der Waals surface area (Å²) in [6.45, 7) is 0.924. The van der Waals surface area contributed by atoms with Crippen LogP contribution in [0.2, 0.25) is 0 Å². The van der Waals surface area contributed by atoms with Gasteiger partial charge in [-0.25, -0.2) is 0 Å². The van der Waals surface area contributed by atoms with Crippen LogP contribution >= 0.6 is 12.4 Å². The largest absolute Gasteiger partial charge is 0.360 e. The Morgan fingerprint density at radius 1 is 1.12 bits per heavy atom. The van der Waals surface area contributed by atoms with Gasteiger partial charge < -0.3 is 21.4 Å². The SMILES string of the molecule is Cl.NCCCCNC(=O)CNC(=O)c1c[nH]c2ccccc2c1=O. The highest BCUT2D eigenvalue weighted by Gasteiger charge is 2.13. The monoisotopic (exact) mass is 352 g/mol. The number of nitrogens with two attached hydrogens (primary N) is 1. The van der Waals surface area contributed by atoms with Crippen molar-refractivity contribution in [1.29, 1.82) is 0 Å². The van der Waals surface area contributed by atoms with Crippen molar-refractivity contribution in [3.8, 4) is 0 Å². The van der Waals surface area contributed by atoms with Crippen LogP contribution in [-0.2, 0) is 4.79 Å². The molecule has 7 nitrogen and oxygen atoms in total. The Balaban J connectivity index is 0.00000288. The minimum absolute atomic E-state index is 0. The number of hydrogen-bond donors (Lipinski definition) is 4. The molecule has 0 saturated carbocycles. The summed E-state index contributed by atoms with van der Waals surface area (Å²) in [6.07, 6.45) is 2.98. The lowest BCUT2D eigenvalue weighted by Gasteiger charge is -2.07. The molecule has 1 heterocycles. The van der Waals surface area contributed by atoms with E-state index in [1.165, 1.54) is 6.20 Å². The Bertz CT molecular complexity index is 760. The summed E-state index contributed by atoms with van der Waals surface area (Å²) in [4.78, 5) is 38.8. The Kier molecular flexibility index (Phi) is 7.94. The van der Waals surface area contributed by atoms with E-state index in [0.717, 1.165) is 12.8 Å². The Hall–Kier alpha value is -2.38. The van der Waals surface area contributed by atoms with E-state index in [4.69, 9.17) is 5.73 Å². The zero-order valence-corrected chi connectivity index (χ0v) is 13.9. The van der Waals surface area contributed by atoms with Crippen LogP contribution in [0.25, 0.3) is 10.9 Å². The molecule has 2 amide bonds. The molecule has 2 rings (SSSR count). The van der Waals surface area contributed by atoms with Gasteiger partial charge in [-0.05, 0) is 31.5 Å². The molecule has 0 bridgehead atoms. The number of benzene rings is 1. The Labute approximate surface area is 145 Å². The second kappa shape index (κ2) is 9.69. The molecule has 0 aliphatic rings. The number of aromatic nitrogens is 1. The number of amides is 2. The van der Waals surface area contributed by atoms with Gasteiger partial charge >= 0.3 is 0 Å². The van der Waals surface area contributed by atoms with E-state index >= 15 is 0 Å². The van der Waals surface area contributed by atoms with Crippen molar-refractivity contribution in [2.45, 2.75) is 12.8 Å². The van der Waals surface area contributed by atoms with Crippen LogP contribution in [0.4, 0.5) is 0 Å². The van der Waals surface area contributed by atoms with Crippen LogP contribution in [0.1, 0.15) is 23.2 Å². The molecule has 0 saturated heterocycles. The third-order valence-electron chi connectivity index (χ3n) is 3.40. The summed E-state index contributed by atoms with van der Waals surface area (Å²) in [5.41, 5.74) is 5.64. The summed E-state index contributed by atoms with van der Waals surface area (Å²) in [6, 6.07) is 6.93. The molecule has 1 aromatic carbocycles. The highest BCUT2D eigenvalue weighted by molar-refractivity contribution is 5.98. The van der Waals surface area contributed by atoms with E-state index in [9.17, 15) is 14.4 Å². The standard InChI is InChI=1S/C16H20N4O3.ClH/c17-7-3-4-8-18-14(21)10-20-16(23)12-9-19-13-6-2-1-5-11(13)15(12)22;/h1-2,5-6,9H,3-4,7-8,10,17H2,(H,18,21)(H,19,22)(H,20,23);1H. The lowest BCUT2D eigenvalue weighted by atomic mass is 10.1. The summed E-state index contributed by atoms with van der Waals surface area (Å²) in [7, 11) is 0. The van der Waals surface area contributed by atoms with Crippen molar-refractivity contribution in [3.05, 3.63) is 46.2 Å². The molecular weight excluding hydrogens is 332 g/mol. The Morgan fingerprint density at radius 2 is 1.88 bits per heavy atom. The van der Waals surface area contributed by atoms with Crippen molar-refractivity contribution in [2.75, 3.05) is 19.6 Å². The van der Waals surface area contributed by atoms with Gasteiger partial charge in [0.2, 0.25) is 11.3 Å². The maximum Gasteiger partial charge on any atom is 0.257 e. The molecule has 0 atom stereocenters. The van der Waals surface area contributed by atoms with Gasteiger partial charge in [-0.2, -0.15) is 0 Å². The van der Waals surface area contributed by atoms with E-state index in [1.54, 1.807) is 24.3 Å². The summed E-state index contributed by atoms with van der Waals surface area (Å²) in [5.74, 6) is -0.873. The number of nitrogens with one attached hydrogen (secondary N) is 3. The third-order valence-corrected chi connectivity index (χ3v) is 3.40. The van der Waals surface area contributed by atoms with Crippen LogP contribution in [0, 0.1) is 0 Å². The predicted octanol–water partition coefficient (Wildman–Crippen LogP) is 0.535. The molecule has 0 unspecified atom stereocenters. The van der Waals surface area contributed by atoms with Gasteiger partial charge in [0.1, 0.15) is 5.56 Å². The van der Waals surface area contributed by atoms with E-state index < -0.39 is 5.91 Å². The first-order valence-corrected chi connectivity index (χ1v) is 7.49. The van der Waals surface area contributed by atoms with Gasteiger partial charge in [0, 0.05) is 23.6 Å². The van der Waals surface area contributed by atoms with Crippen LogP contribution in [0.5, 0.6) is 0 Å². The first kappa shape index (κ1) is 19.7. The zero-order chi connectivity index (χ0) is 16.7. The van der Waals surface area contributed by atoms with Gasteiger partial charge in [-0.1, -0.05) is 12.1 Å². The topological polar surface area (TPSA) is 117 Å². The second-order valence-corrected chi connectivity index (χ2v) is 5.11. The number of rotatable bonds is 7. The van der Waals surface area contributed by atoms with E-state index in [2.05, 4.69) is 15.6 Å². The molecule has 0 fully saturated rings. The lowest BCUT2D eigenvalue weighted by Crippen LogP contribution is -2.38. The number of aromatic amines is 1. The molecule has 0 spiro atoms. The number of hydrogen-bond acceptors (Lipinski definition) is 4. The first-order valence-electron chi connectivity index (χ1n) is 7.49. The van der Waals surface area contributed by atoms with Crippen molar-refractivity contribution < 1.29 is 9.59 Å². The first-order chi connectivity index (χ1) is 11.1. The van der Waals surface area contributed by atoms with Gasteiger partial charge in [-0.3, -0.25) is 14.4 Å². The molecule has 0 aliphatic carbocycles. The number of pyridine rings is 1. The van der Waals surface area contributed by atoms with Crippen LogP contribution < -0.4 is 21.8 Å². The fourth-order valence-corrected chi connectivity index (χ4v) is 2.15. The average Bonchev–Trinajstić information content (AvgIpc) is 2.57. The number of unbranched alkanes of at least 4 members (excludes halogenated alkanes) is 1. The van der Waals surface area contributed by atoms with Crippen LogP contribution in [0.15, 0.2) is 35.3 Å². The fourth-order valence-electron chi connectivity index (χ4n) is 2.15. The molecule has 0 radical (unpaired) electrons. The molecule has 5 N–H and O–H groups in total. The predicted molar refractivity (Wildman–Crippen MR) is 95.4 cm³/mol. The quantitative estimate of drug-likeness (QED) is 0.544. The van der Waals surface area contributed by atoms with Crippen molar-refractivity contribution >= 4 is 35.1 Å². The number of halogens is 1. The second-order valence-electron chi connectivity index (χ2n) is 5.11. The minimum Gasteiger partial charge on any atom is -0.360 e. The number of fused-ring (bicyclic) bond motifs is 1. The summed E-state index contributed by atoms with van der Waals surface area (Å²) in [5, 5.41) is 5.56. The maximum absolute atomic E-state index is 12.3. The fraction of sp³-hybridized carbons (Fsp3) is 0.312. The highest BCUT2D eigenvalue weighted by Crippen LogP contribution is 2.06. The normalized spacial score (nSPS) is 10.0. The van der Waals surface area contributed by atoms with Gasteiger partial charge in [0.25, 0.3) is 5.91 Å². The lowest BCUT2D eigenvalue weighted by molar-refractivity contribution is -0.120. The maximum atomic E-state index is 12.3. The molecule has 130 valence electrons. The van der Waals surface area contributed by atoms with Crippen molar-refractivity contribution in [3.63, 3.8) is 0 Å². The third kappa shape index (κ3) is 5.07. The molecular formula is C16H21ClN4O3. The number of carbonyl (C=O) groups excluding carboxylic acids is 2. The highest BCUT2D eigenvalue weighted by atomic mass is 35.5. The summed E-state index contributed by atoms with van der Waals surface area (Å²) < 4.78 is 0. The van der Waals surface area contributed by atoms with Crippen LogP contribution in [0.3, 0.4) is 0 Å². The molecule has 0 aliphatic heterocycles. The van der Waals surface area contributed by atoms with Gasteiger partial charge in [0.05, 0.1) is 6.54 Å². The van der Waals surface area contributed by atoms with Crippen molar-refractivity contribution in [1.82, 2.24) is 15.6 Å². The average molecular weight is 353 g/mol. The molecule has 1 aromatic heterocycles. The zero-order valence-electron chi connectivity index (χ0n) is 13.1. The molecule has 8 heteroatoms. The van der Waals surface area contributed by atoms with Crippen molar-refractivity contribution in [2.24, 2.45) is 5.73 Å². The van der Waals surface area contributed by atoms with E-state index in [-0.39, 0.29) is 35.9 Å². The van der Waals surface area contributed by atoms with E-state index in [0.29, 0.717) is 24.0 Å². The molecule has 2 aromatic rings. The summed E-state index contributed by atoms with van der Waals surface area (Å²) >= 11 is 0. The smallest absolute Gasteiger partial charge is 0.257 e. The number of carbonyl (C=O) groups is 2. The van der Waals surface area contributed by atoms with Crippen LogP contribution in [-0.4, -0.2) is 36.4 Å². The number of para-hydroxylation sites is 1. The van der Waals surface area contributed by atoms with Gasteiger partial charge in [0.15, 0.2) is 0 Å². The number of H-pyrrole nitrogens is 1. The Morgan fingerprint density at radius 3 is 2.62 bits per heavy atom. The van der Waals surface area contributed by atoms with Gasteiger partial charge in [-0.15, -0.1) is 12.4 Å². The van der Waals surface area contributed by atoms with E-state index in [1.807, 2.05) is 0 Å².